The van der Waals surface area contributed by atoms with E-state index in [0.29, 0.717) is 16.1 Å². The summed E-state index contributed by atoms with van der Waals surface area (Å²) >= 11 is 1.39. The fourth-order valence-electron chi connectivity index (χ4n) is 3.29. The standard InChI is InChI=1S/C20H24N2O5S2.ClH/c1-4-22-11-10-15-16(12-22)28-19(17(15)20(24)27-3)21-18(23)13-6-8-14(9-7-13)29(25,26)5-2;/h6-9H,4-5,10-12H2,1-3H3,(H,21,23);1H. The second-order valence-corrected chi connectivity index (χ2v) is 10.1. The van der Waals surface area contributed by atoms with Gasteiger partial charge in [-0.05, 0) is 42.8 Å². The molecular weight excluding hydrogens is 448 g/mol. The third-order valence-corrected chi connectivity index (χ3v) is 7.94. The van der Waals surface area contributed by atoms with Gasteiger partial charge in [-0.2, -0.15) is 0 Å². The number of hydrogen-bond donors (Lipinski definition) is 1. The normalized spacial score (nSPS) is 13.8. The maximum absolute atomic E-state index is 12.7. The number of methoxy groups -OCH3 is 1. The van der Waals surface area contributed by atoms with Gasteiger partial charge in [0.25, 0.3) is 5.91 Å². The predicted octanol–water partition coefficient (Wildman–Crippen LogP) is 3.38. The third kappa shape index (κ3) is 4.85. The van der Waals surface area contributed by atoms with Crippen molar-refractivity contribution >= 4 is 50.5 Å². The molecule has 30 heavy (non-hydrogen) atoms. The number of hydrogen-bond acceptors (Lipinski definition) is 7. The van der Waals surface area contributed by atoms with Crippen LogP contribution in [0.1, 0.15) is 45.0 Å². The van der Waals surface area contributed by atoms with E-state index in [2.05, 4.69) is 17.1 Å². The Labute approximate surface area is 186 Å². The van der Waals surface area contributed by atoms with Crippen molar-refractivity contribution in [3.05, 3.63) is 45.8 Å². The van der Waals surface area contributed by atoms with E-state index in [9.17, 15) is 18.0 Å². The van der Waals surface area contributed by atoms with Crippen molar-refractivity contribution in [2.24, 2.45) is 0 Å². The van der Waals surface area contributed by atoms with Gasteiger partial charge in [0.2, 0.25) is 0 Å². The number of sulfone groups is 1. The maximum atomic E-state index is 12.7. The molecule has 1 aliphatic heterocycles. The van der Waals surface area contributed by atoms with Crippen LogP contribution in [0.25, 0.3) is 0 Å². The van der Waals surface area contributed by atoms with Gasteiger partial charge in [-0.15, -0.1) is 23.7 Å². The minimum absolute atomic E-state index is 0. The second-order valence-electron chi connectivity index (χ2n) is 6.70. The van der Waals surface area contributed by atoms with Gasteiger partial charge < -0.3 is 10.1 Å². The van der Waals surface area contributed by atoms with E-state index >= 15 is 0 Å². The second kappa shape index (κ2) is 9.91. The van der Waals surface area contributed by atoms with E-state index in [1.807, 2.05) is 0 Å². The average Bonchev–Trinajstić information content (AvgIpc) is 3.09. The molecule has 0 aliphatic carbocycles. The van der Waals surface area contributed by atoms with Crippen LogP contribution >= 0.6 is 23.7 Å². The van der Waals surface area contributed by atoms with E-state index < -0.39 is 21.7 Å². The molecule has 0 radical (unpaired) electrons. The lowest BCUT2D eigenvalue weighted by molar-refractivity contribution is 0.0600. The molecule has 1 aromatic carbocycles. The SMILES string of the molecule is CCN1CCc2c(sc(NC(=O)c3ccc(S(=O)(=O)CC)cc3)c2C(=O)OC)C1.Cl. The molecular formula is C20H25ClN2O5S2. The number of carbonyl (C=O) groups is 2. The Balaban J connectivity index is 0.00000320. The summed E-state index contributed by atoms with van der Waals surface area (Å²) in [6, 6.07) is 5.80. The molecule has 1 aromatic heterocycles. The molecule has 164 valence electrons. The average molecular weight is 473 g/mol. The minimum Gasteiger partial charge on any atom is -0.465 e. The molecule has 2 aromatic rings. The number of fused-ring (bicyclic) bond motifs is 1. The number of carbonyl (C=O) groups excluding carboxylic acids is 2. The molecule has 0 spiro atoms. The lowest BCUT2D eigenvalue weighted by atomic mass is 10.0. The van der Waals surface area contributed by atoms with Gasteiger partial charge in [0.05, 0.1) is 23.3 Å². The number of nitrogens with zero attached hydrogens (tertiary/aromatic N) is 1. The molecule has 1 aliphatic rings. The van der Waals surface area contributed by atoms with Crippen LogP contribution in [-0.2, 0) is 27.5 Å². The van der Waals surface area contributed by atoms with Crippen LogP contribution in [0, 0.1) is 0 Å². The van der Waals surface area contributed by atoms with Crippen LogP contribution in [0.5, 0.6) is 0 Å². The fraction of sp³-hybridized carbons (Fsp3) is 0.400. The lowest BCUT2D eigenvalue weighted by Crippen LogP contribution is -2.29. The van der Waals surface area contributed by atoms with Gasteiger partial charge >= 0.3 is 5.97 Å². The van der Waals surface area contributed by atoms with E-state index in [4.69, 9.17) is 4.74 Å². The van der Waals surface area contributed by atoms with Crippen LogP contribution in [0.2, 0.25) is 0 Å². The zero-order valence-corrected chi connectivity index (χ0v) is 19.5. The van der Waals surface area contributed by atoms with E-state index in [1.165, 1.54) is 42.7 Å². The van der Waals surface area contributed by atoms with Gasteiger partial charge in [-0.25, -0.2) is 13.2 Å². The Morgan fingerprint density at radius 2 is 1.87 bits per heavy atom. The predicted molar refractivity (Wildman–Crippen MR) is 120 cm³/mol. The van der Waals surface area contributed by atoms with Gasteiger partial charge in [0.1, 0.15) is 5.00 Å². The molecule has 1 N–H and O–H groups in total. The minimum atomic E-state index is -3.33. The summed E-state index contributed by atoms with van der Waals surface area (Å²) in [5, 5.41) is 3.28. The first-order valence-corrected chi connectivity index (χ1v) is 11.9. The summed E-state index contributed by atoms with van der Waals surface area (Å²) in [5.74, 6) is -0.870. The van der Waals surface area contributed by atoms with Crippen molar-refractivity contribution in [2.75, 3.05) is 31.3 Å². The highest BCUT2D eigenvalue weighted by atomic mass is 35.5. The number of likely N-dealkylation sites (N-methyl/N-ethyl adjacent to an activating group) is 1. The van der Waals surface area contributed by atoms with Gasteiger partial charge in [-0.3, -0.25) is 9.69 Å². The molecule has 10 heteroatoms. The number of nitrogens with one attached hydrogen (secondary N) is 1. The van der Waals surface area contributed by atoms with Crippen molar-refractivity contribution < 1.29 is 22.7 Å². The molecule has 0 saturated heterocycles. The molecule has 0 unspecified atom stereocenters. The zero-order chi connectivity index (χ0) is 21.2. The highest BCUT2D eigenvalue weighted by molar-refractivity contribution is 7.91. The maximum Gasteiger partial charge on any atom is 0.341 e. The Kier molecular flexibility index (Phi) is 8.04. The Morgan fingerprint density at radius 1 is 1.20 bits per heavy atom. The first-order chi connectivity index (χ1) is 13.8. The summed E-state index contributed by atoms with van der Waals surface area (Å²) in [7, 11) is -2.00. The number of benzene rings is 1. The van der Waals surface area contributed by atoms with Crippen LogP contribution in [-0.4, -0.2) is 51.1 Å². The summed E-state index contributed by atoms with van der Waals surface area (Å²) < 4.78 is 28.8. The van der Waals surface area contributed by atoms with Gasteiger partial charge in [-0.1, -0.05) is 13.8 Å². The number of ether oxygens (including phenoxy) is 1. The molecule has 3 rings (SSSR count). The van der Waals surface area contributed by atoms with Crippen LogP contribution in [0.4, 0.5) is 5.00 Å². The fourth-order valence-corrected chi connectivity index (χ4v) is 5.45. The number of anilines is 1. The van der Waals surface area contributed by atoms with E-state index in [0.717, 1.165) is 36.5 Å². The molecule has 0 fully saturated rings. The molecule has 2 heterocycles. The van der Waals surface area contributed by atoms with Gasteiger partial charge in [0, 0.05) is 23.5 Å². The Bertz CT molecular complexity index is 1030. The quantitative estimate of drug-likeness (QED) is 0.648. The number of rotatable bonds is 6. The number of amides is 1. The molecule has 7 nitrogen and oxygen atoms in total. The summed E-state index contributed by atoms with van der Waals surface area (Å²) in [4.78, 5) is 28.6. The largest absolute Gasteiger partial charge is 0.465 e. The molecule has 1 amide bonds. The topological polar surface area (TPSA) is 92.8 Å². The van der Waals surface area contributed by atoms with E-state index in [1.54, 1.807) is 6.92 Å². The van der Waals surface area contributed by atoms with Crippen molar-refractivity contribution in [3.63, 3.8) is 0 Å². The smallest absolute Gasteiger partial charge is 0.341 e. The van der Waals surface area contributed by atoms with Crippen LogP contribution in [0.3, 0.4) is 0 Å². The zero-order valence-electron chi connectivity index (χ0n) is 17.1. The molecule has 0 atom stereocenters. The highest BCUT2D eigenvalue weighted by Gasteiger charge is 2.29. The summed E-state index contributed by atoms with van der Waals surface area (Å²) in [5.41, 5.74) is 1.67. The monoisotopic (exact) mass is 472 g/mol. The van der Waals surface area contributed by atoms with Crippen molar-refractivity contribution in [3.8, 4) is 0 Å². The van der Waals surface area contributed by atoms with Crippen molar-refractivity contribution in [1.82, 2.24) is 4.90 Å². The van der Waals surface area contributed by atoms with Crippen molar-refractivity contribution in [1.29, 1.82) is 0 Å². The number of thiophene rings is 1. The molecule has 0 bridgehead atoms. The summed E-state index contributed by atoms with van der Waals surface area (Å²) in [6.45, 7) is 6.16. The first-order valence-electron chi connectivity index (χ1n) is 9.40. The Hall–Kier alpha value is -1.94. The summed E-state index contributed by atoms with van der Waals surface area (Å²) in [6.07, 6.45) is 0.726. The third-order valence-electron chi connectivity index (χ3n) is 5.06. The van der Waals surface area contributed by atoms with Gasteiger partial charge in [0.15, 0.2) is 9.84 Å². The lowest BCUT2D eigenvalue weighted by Gasteiger charge is -2.25. The number of esters is 1. The molecule has 0 saturated carbocycles. The van der Waals surface area contributed by atoms with Crippen LogP contribution < -0.4 is 5.32 Å². The van der Waals surface area contributed by atoms with E-state index in [-0.39, 0.29) is 23.1 Å². The Morgan fingerprint density at radius 3 is 2.43 bits per heavy atom. The first kappa shape index (κ1) is 24.3. The number of halogens is 1. The van der Waals surface area contributed by atoms with Crippen LogP contribution in [0.15, 0.2) is 29.2 Å². The van der Waals surface area contributed by atoms with Crippen molar-refractivity contribution in [2.45, 2.75) is 31.7 Å². The highest BCUT2D eigenvalue weighted by Crippen LogP contribution is 2.37.